The van der Waals surface area contributed by atoms with Gasteiger partial charge in [-0.3, -0.25) is 10.0 Å². The van der Waals surface area contributed by atoms with Crippen LogP contribution in [0, 0.1) is 0 Å². The molecule has 3 nitrogen and oxygen atoms in total. The normalized spacial score (nSPS) is 10.0. The van der Waals surface area contributed by atoms with Gasteiger partial charge in [-0.1, -0.05) is 42.5 Å². The van der Waals surface area contributed by atoms with E-state index < -0.39 is 5.91 Å². The Bertz CT molecular complexity index is 504. The Morgan fingerprint density at radius 2 is 1.47 bits per heavy atom. The first kappa shape index (κ1) is 11.4. The van der Waals surface area contributed by atoms with E-state index >= 15 is 0 Å². The predicted octanol–water partition coefficient (Wildman–Crippen LogP) is 2.81. The molecule has 1 N–H and O–H groups in total. The van der Waals surface area contributed by atoms with Gasteiger partial charge in [-0.2, -0.15) is 0 Å². The van der Waals surface area contributed by atoms with E-state index in [0.29, 0.717) is 10.6 Å². The van der Waals surface area contributed by atoms with Crippen LogP contribution in [0.4, 0.5) is 0 Å². The van der Waals surface area contributed by atoms with Gasteiger partial charge in [0, 0.05) is 12.6 Å². The number of benzene rings is 2. The Labute approximate surface area is 99.9 Å². The van der Waals surface area contributed by atoms with Gasteiger partial charge in [0.25, 0.3) is 5.91 Å². The Morgan fingerprint density at radius 1 is 0.941 bits per heavy atom. The van der Waals surface area contributed by atoms with Crippen molar-refractivity contribution < 1.29 is 10.0 Å². The maximum atomic E-state index is 11.5. The van der Waals surface area contributed by atoms with E-state index in [1.807, 2.05) is 42.5 Å². The molecule has 0 heterocycles. The Morgan fingerprint density at radius 3 is 2.00 bits per heavy atom. The van der Waals surface area contributed by atoms with Crippen molar-refractivity contribution in [1.29, 1.82) is 0 Å². The van der Waals surface area contributed by atoms with Crippen LogP contribution in [0.5, 0.6) is 0 Å². The summed E-state index contributed by atoms with van der Waals surface area (Å²) in [6.45, 7) is 0. The maximum absolute atomic E-state index is 11.5. The lowest BCUT2D eigenvalue weighted by Gasteiger charge is -2.08. The van der Waals surface area contributed by atoms with Crippen molar-refractivity contribution >= 4 is 5.91 Å². The second kappa shape index (κ2) is 4.80. The Hall–Kier alpha value is -2.13. The third-order valence-electron chi connectivity index (χ3n) is 2.53. The topological polar surface area (TPSA) is 40.5 Å². The van der Waals surface area contributed by atoms with Crippen molar-refractivity contribution in [3.8, 4) is 11.1 Å². The van der Waals surface area contributed by atoms with Crippen molar-refractivity contribution in [2.24, 2.45) is 0 Å². The van der Waals surface area contributed by atoms with Gasteiger partial charge in [-0.15, -0.1) is 0 Å². The van der Waals surface area contributed by atoms with Gasteiger partial charge in [-0.25, -0.2) is 5.06 Å². The number of nitrogens with zero attached hydrogens (tertiary/aromatic N) is 1. The van der Waals surface area contributed by atoms with Gasteiger partial charge in [0.1, 0.15) is 0 Å². The summed E-state index contributed by atoms with van der Waals surface area (Å²) >= 11 is 0. The molecule has 0 fully saturated rings. The molecule has 1 amide bonds. The van der Waals surface area contributed by atoms with Crippen LogP contribution in [-0.4, -0.2) is 23.2 Å². The second-order valence-electron chi connectivity index (χ2n) is 3.77. The smallest absolute Gasteiger partial charge is 0.276 e. The van der Waals surface area contributed by atoms with E-state index in [9.17, 15) is 4.79 Å². The van der Waals surface area contributed by atoms with Crippen molar-refractivity contribution in [2.45, 2.75) is 0 Å². The monoisotopic (exact) mass is 227 g/mol. The average Bonchev–Trinajstić information content (AvgIpc) is 2.39. The van der Waals surface area contributed by atoms with Gasteiger partial charge < -0.3 is 0 Å². The molecule has 0 spiro atoms. The minimum Gasteiger partial charge on any atom is -0.286 e. The number of hydroxylamine groups is 2. The number of carbonyl (C=O) groups is 1. The highest BCUT2D eigenvalue weighted by atomic mass is 16.5. The molecule has 3 heteroatoms. The molecule has 0 atom stereocenters. The quantitative estimate of drug-likeness (QED) is 0.633. The first-order chi connectivity index (χ1) is 8.18. The molecule has 0 saturated heterocycles. The lowest BCUT2D eigenvalue weighted by Crippen LogP contribution is -2.22. The highest BCUT2D eigenvalue weighted by molar-refractivity contribution is 5.93. The SMILES string of the molecule is CN(O)C(=O)c1ccc(-c2ccccc2)cc1. The lowest BCUT2D eigenvalue weighted by atomic mass is 10.0. The van der Waals surface area contributed by atoms with Crippen LogP contribution < -0.4 is 0 Å². The average molecular weight is 227 g/mol. The van der Waals surface area contributed by atoms with Crippen molar-refractivity contribution in [2.75, 3.05) is 7.05 Å². The van der Waals surface area contributed by atoms with Crippen LogP contribution in [0.15, 0.2) is 54.6 Å². The van der Waals surface area contributed by atoms with Crippen LogP contribution in [-0.2, 0) is 0 Å². The summed E-state index contributed by atoms with van der Waals surface area (Å²) in [5.74, 6) is -0.412. The number of rotatable bonds is 2. The maximum Gasteiger partial charge on any atom is 0.276 e. The lowest BCUT2D eigenvalue weighted by molar-refractivity contribution is -0.0374. The molecule has 2 aromatic rings. The molecule has 0 aliphatic rings. The van der Waals surface area contributed by atoms with Crippen LogP contribution in [0.25, 0.3) is 11.1 Å². The Kier molecular flexibility index (Phi) is 3.21. The van der Waals surface area contributed by atoms with Crippen molar-refractivity contribution in [3.05, 3.63) is 60.2 Å². The molecule has 2 rings (SSSR count). The minimum atomic E-state index is -0.412. The summed E-state index contributed by atoms with van der Waals surface area (Å²) < 4.78 is 0. The highest BCUT2D eigenvalue weighted by Gasteiger charge is 2.08. The zero-order chi connectivity index (χ0) is 12.3. The third kappa shape index (κ3) is 2.52. The molecule has 86 valence electrons. The molecule has 0 unspecified atom stereocenters. The highest BCUT2D eigenvalue weighted by Crippen LogP contribution is 2.19. The van der Waals surface area contributed by atoms with E-state index in [-0.39, 0.29) is 0 Å². The van der Waals surface area contributed by atoms with Gasteiger partial charge >= 0.3 is 0 Å². The summed E-state index contributed by atoms with van der Waals surface area (Å²) in [6, 6.07) is 17.1. The van der Waals surface area contributed by atoms with Crippen LogP contribution in [0.2, 0.25) is 0 Å². The van der Waals surface area contributed by atoms with Crippen LogP contribution >= 0.6 is 0 Å². The number of carbonyl (C=O) groups excluding carboxylic acids is 1. The number of amides is 1. The van der Waals surface area contributed by atoms with Gasteiger partial charge in [0.2, 0.25) is 0 Å². The van der Waals surface area contributed by atoms with E-state index in [1.165, 1.54) is 7.05 Å². The third-order valence-corrected chi connectivity index (χ3v) is 2.53. The predicted molar refractivity (Wildman–Crippen MR) is 65.8 cm³/mol. The minimum absolute atomic E-state index is 0.412. The molecular formula is C14H13NO2. The van der Waals surface area contributed by atoms with E-state index in [2.05, 4.69) is 0 Å². The first-order valence-electron chi connectivity index (χ1n) is 5.31. The first-order valence-corrected chi connectivity index (χ1v) is 5.31. The summed E-state index contributed by atoms with van der Waals surface area (Å²) in [5.41, 5.74) is 2.61. The van der Waals surface area contributed by atoms with Gasteiger partial charge in [0.05, 0.1) is 0 Å². The molecule has 0 aliphatic carbocycles. The summed E-state index contributed by atoms with van der Waals surface area (Å²) in [4.78, 5) is 11.5. The molecule has 0 bridgehead atoms. The molecule has 0 radical (unpaired) electrons. The van der Waals surface area contributed by atoms with E-state index in [1.54, 1.807) is 12.1 Å². The summed E-state index contributed by atoms with van der Waals surface area (Å²) in [6.07, 6.45) is 0. The second-order valence-corrected chi connectivity index (χ2v) is 3.77. The molecule has 2 aromatic carbocycles. The standard InChI is InChI=1S/C14H13NO2/c1-15(17)14(16)13-9-7-12(8-10-13)11-5-3-2-4-6-11/h2-10,17H,1H3. The zero-order valence-electron chi connectivity index (χ0n) is 9.50. The van der Waals surface area contributed by atoms with Crippen LogP contribution in [0.1, 0.15) is 10.4 Å². The van der Waals surface area contributed by atoms with Crippen molar-refractivity contribution in [1.82, 2.24) is 5.06 Å². The summed E-state index contributed by atoms with van der Waals surface area (Å²) in [7, 11) is 1.31. The fraction of sp³-hybridized carbons (Fsp3) is 0.0714. The number of hydrogen-bond acceptors (Lipinski definition) is 2. The van der Waals surface area contributed by atoms with E-state index in [0.717, 1.165) is 11.1 Å². The fourth-order valence-corrected chi connectivity index (χ4v) is 1.62. The fourth-order valence-electron chi connectivity index (χ4n) is 1.62. The Balaban J connectivity index is 2.28. The molecule has 0 saturated carbocycles. The number of hydrogen-bond donors (Lipinski definition) is 1. The van der Waals surface area contributed by atoms with Gasteiger partial charge in [0.15, 0.2) is 0 Å². The molecule has 0 aliphatic heterocycles. The largest absolute Gasteiger partial charge is 0.286 e. The van der Waals surface area contributed by atoms with Crippen LogP contribution in [0.3, 0.4) is 0 Å². The summed E-state index contributed by atoms with van der Waals surface area (Å²) in [5, 5.41) is 9.63. The zero-order valence-corrected chi connectivity index (χ0v) is 9.50. The molecular weight excluding hydrogens is 214 g/mol. The molecule has 0 aromatic heterocycles. The van der Waals surface area contributed by atoms with E-state index in [4.69, 9.17) is 5.21 Å². The van der Waals surface area contributed by atoms with Gasteiger partial charge in [-0.05, 0) is 23.3 Å². The van der Waals surface area contributed by atoms with Crippen molar-refractivity contribution in [3.63, 3.8) is 0 Å². The molecule has 17 heavy (non-hydrogen) atoms.